The third-order valence-electron chi connectivity index (χ3n) is 1.71. The van der Waals surface area contributed by atoms with Crippen LogP contribution in [-0.2, 0) is 5.75 Å². The van der Waals surface area contributed by atoms with Crippen molar-refractivity contribution in [2.24, 2.45) is 0 Å². The molecule has 0 aliphatic heterocycles. The summed E-state index contributed by atoms with van der Waals surface area (Å²) >= 11 is 1.46. The predicted octanol–water partition coefficient (Wildman–Crippen LogP) is 2.58. The van der Waals surface area contributed by atoms with Crippen LogP contribution < -0.4 is 0 Å². The molecule has 1 nitrogen and oxygen atoms in total. The molecule has 0 aliphatic rings. The molecule has 0 amide bonds. The van der Waals surface area contributed by atoms with Crippen molar-refractivity contribution >= 4 is 11.8 Å². The number of benzene rings is 1. The zero-order valence-electron chi connectivity index (χ0n) is 7.84. The van der Waals surface area contributed by atoms with Crippen molar-refractivity contribution in [2.75, 3.05) is 6.61 Å². The highest BCUT2D eigenvalue weighted by atomic mass is 32.2. The van der Waals surface area contributed by atoms with E-state index < -0.39 is 11.6 Å². The Morgan fingerprint density at radius 1 is 1.29 bits per heavy atom. The summed E-state index contributed by atoms with van der Waals surface area (Å²) in [5.74, 6) is -0.606. The average Bonchev–Trinajstić information content (AvgIpc) is 2.12. The lowest BCUT2D eigenvalue weighted by Gasteiger charge is -2.07. The molecule has 1 aromatic rings. The first kappa shape index (κ1) is 11.5. The van der Waals surface area contributed by atoms with Gasteiger partial charge in [-0.2, -0.15) is 11.8 Å². The second kappa shape index (κ2) is 5.32. The summed E-state index contributed by atoms with van der Waals surface area (Å²) in [6.45, 7) is 1.93. The number of aliphatic hydroxyl groups excluding tert-OH is 1. The van der Waals surface area contributed by atoms with Crippen LogP contribution in [0, 0.1) is 11.6 Å². The molecule has 0 bridgehead atoms. The number of thioether (sulfide) groups is 1. The first-order chi connectivity index (χ1) is 6.61. The second-order valence-electron chi connectivity index (χ2n) is 3.08. The van der Waals surface area contributed by atoms with Crippen molar-refractivity contribution < 1.29 is 13.9 Å². The third-order valence-corrected chi connectivity index (χ3v) is 2.93. The first-order valence-corrected chi connectivity index (χ1v) is 5.34. The summed E-state index contributed by atoms with van der Waals surface area (Å²) in [5, 5.41) is 8.84. The average molecular weight is 218 g/mol. The Hall–Kier alpha value is -0.610. The van der Waals surface area contributed by atoms with Gasteiger partial charge in [-0.3, -0.25) is 0 Å². The molecule has 0 aliphatic carbocycles. The lowest BCUT2D eigenvalue weighted by Crippen LogP contribution is -2.02. The van der Waals surface area contributed by atoms with E-state index in [9.17, 15) is 8.78 Å². The molecule has 1 atom stereocenters. The molecule has 0 saturated carbocycles. The molecule has 1 N–H and O–H groups in total. The third kappa shape index (κ3) is 3.64. The summed E-state index contributed by atoms with van der Waals surface area (Å²) < 4.78 is 25.5. The highest BCUT2D eigenvalue weighted by Crippen LogP contribution is 2.18. The van der Waals surface area contributed by atoms with Gasteiger partial charge in [-0.15, -0.1) is 0 Å². The second-order valence-corrected chi connectivity index (χ2v) is 4.51. The lowest BCUT2D eigenvalue weighted by atomic mass is 10.2. The van der Waals surface area contributed by atoms with E-state index in [4.69, 9.17) is 5.11 Å². The number of hydrogen-bond acceptors (Lipinski definition) is 2. The van der Waals surface area contributed by atoms with Gasteiger partial charge in [0.1, 0.15) is 11.6 Å². The zero-order valence-corrected chi connectivity index (χ0v) is 8.65. The van der Waals surface area contributed by atoms with Gasteiger partial charge in [0.05, 0.1) is 6.61 Å². The first-order valence-electron chi connectivity index (χ1n) is 4.29. The summed E-state index contributed by atoms with van der Waals surface area (Å²) in [4.78, 5) is 0. The molecule has 0 fully saturated rings. The van der Waals surface area contributed by atoms with Gasteiger partial charge in [-0.05, 0) is 17.7 Å². The Kier molecular flexibility index (Phi) is 4.35. The van der Waals surface area contributed by atoms with E-state index >= 15 is 0 Å². The van der Waals surface area contributed by atoms with Crippen molar-refractivity contribution in [3.8, 4) is 0 Å². The molecule has 4 heteroatoms. The van der Waals surface area contributed by atoms with E-state index in [1.165, 1.54) is 23.9 Å². The molecular formula is C10H12F2OS. The number of rotatable bonds is 4. The summed E-state index contributed by atoms with van der Waals surface area (Å²) in [6, 6.07) is 3.46. The molecule has 1 rings (SSSR count). The SMILES string of the molecule is CC(CO)SCc1cc(F)cc(F)c1. The van der Waals surface area contributed by atoms with Crippen LogP contribution in [0.2, 0.25) is 0 Å². The van der Waals surface area contributed by atoms with E-state index in [1.54, 1.807) is 0 Å². The Morgan fingerprint density at radius 2 is 1.86 bits per heavy atom. The van der Waals surface area contributed by atoms with Gasteiger partial charge >= 0.3 is 0 Å². The molecule has 0 heterocycles. The highest BCUT2D eigenvalue weighted by Gasteiger charge is 2.04. The maximum absolute atomic E-state index is 12.7. The Morgan fingerprint density at radius 3 is 2.36 bits per heavy atom. The van der Waals surface area contributed by atoms with Gasteiger partial charge in [0.2, 0.25) is 0 Å². The lowest BCUT2D eigenvalue weighted by molar-refractivity contribution is 0.300. The standard InChI is InChI=1S/C10H12F2OS/c1-7(5-13)14-6-8-2-9(11)4-10(12)3-8/h2-4,7,13H,5-6H2,1H3. The minimum absolute atomic E-state index is 0.0719. The van der Waals surface area contributed by atoms with E-state index in [-0.39, 0.29) is 11.9 Å². The monoisotopic (exact) mass is 218 g/mol. The molecule has 78 valence electrons. The van der Waals surface area contributed by atoms with E-state index in [1.807, 2.05) is 6.92 Å². The van der Waals surface area contributed by atoms with Gasteiger partial charge in [0.15, 0.2) is 0 Å². The predicted molar refractivity (Wildman–Crippen MR) is 54.2 cm³/mol. The fourth-order valence-electron chi connectivity index (χ4n) is 0.985. The maximum atomic E-state index is 12.7. The van der Waals surface area contributed by atoms with Crippen molar-refractivity contribution in [1.29, 1.82) is 0 Å². The van der Waals surface area contributed by atoms with Gasteiger partial charge in [-0.25, -0.2) is 8.78 Å². The topological polar surface area (TPSA) is 20.2 Å². The van der Waals surface area contributed by atoms with Crippen LogP contribution in [0.1, 0.15) is 12.5 Å². The molecule has 0 radical (unpaired) electrons. The summed E-state index contributed by atoms with van der Waals surface area (Å²) in [7, 11) is 0. The Bertz CT molecular complexity index is 284. The van der Waals surface area contributed by atoms with Gasteiger partial charge in [0.25, 0.3) is 0 Å². The largest absolute Gasteiger partial charge is 0.395 e. The molecular weight excluding hydrogens is 206 g/mol. The van der Waals surface area contributed by atoms with Crippen molar-refractivity contribution in [3.05, 3.63) is 35.4 Å². The molecule has 14 heavy (non-hydrogen) atoms. The summed E-state index contributed by atoms with van der Waals surface area (Å²) in [5.41, 5.74) is 0.604. The number of hydrogen-bond donors (Lipinski definition) is 1. The summed E-state index contributed by atoms with van der Waals surface area (Å²) in [6.07, 6.45) is 0. The molecule has 1 aromatic carbocycles. The number of aliphatic hydroxyl groups is 1. The maximum Gasteiger partial charge on any atom is 0.126 e. The Labute approximate surface area is 86.1 Å². The van der Waals surface area contributed by atoms with E-state index in [2.05, 4.69) is 0 Å². The Balaban J connectivity index is 2.58. The number of halogens is 2. The minimum atomic E-state index is -0.558. The van der Waals surface area contributed by atoms with Crippen LogP contribution in [0.25, 0.3) is 0 Å². The fraction of sp³-hybridized carbons (Fsp3) is 0.400. The van der Waals surface area contributed by atoms with E-state index in [0.717, 1.165) is 6.07 Å². The quantitative estimate of drug-likeness (QED) is 0.838. The van der Waals surface area contributed by atoms with Crippen LogP contribution in [0.5, 0.6) is 0 Å². The van der Waals surface area contributed by atoms with Crippen LogP contribution >= 0.6 is 11.8 Å². The van der Waals surface area contributed by atoms with Crippen LogP contribution in [0.15, 0.2) is 18.2 Å². The molecule has 1 unspecified atom stereocenters. The van der Waals surface area contributed by atoms with Gasteiger partial charge in [0, 0.05) is 17.1 Å². The van der Waals surface area contributed by atoms with Crippen LogP contribution in [-0.4, -0.2) is 17.0 Å². The van der Waals surface area contributed by atoms with Crippen molar-refractivity contribution in [3.63, 3.8) is 0 Å². The van der Waals surface area contributed by atoms with E-state index in [0.29, 0.717) is 11.3 Å². The van der Waals surface area contributed by atoms with Gasteiger partial charge in [-0.1, -0.05) is 6.92 Å². The van der Waals surface area contributed by atoms with Crippen LogP contribution in [0.3, 0.4) is 0 Å². The molecule has 0 spiro atoms. The van der Waals surface area contributed by atoms with Gasteiger partial charge < -0.3 is 5.11 Å². The highest BCUT2D eigenvalue weighted by molar-refractivity contribution is 7.99. The minimum Gasteiger partial charge on any atom is -0.395 e. The molecule has 0 aromatic heterocycles. The fourth-order valence-corrected chi connectivity index (χ4v) is 1.73. The van der Waals surface area contributed by atoms with Crippen molar-refractivity contribution in [2.45, 2.75) is 17.9 Å². The zero-order chi connectivity index (χ0) is 10.6. The van der Waals surface area contributed by atoms with Crippen molar-refractivity contribution in [1.82, 2.24) is 0 Å². The smallest absolute Gasteiger partial charge is 0.126 e. The van der Waals surface area contributed by atoms with Crippen LogP contribution in [0.4, 0.5) is 8.78 Å². The molecule has 0 saturated heterocycles. The normalized spacial score (nSPS) is 12.9.